The summed E-state index contributed by atoms with van der Waals surface area (Å²) in [5.41, 5.74) is -0.327. The highest BCUT2D eigenvalue weighted by Gasteiger charge is 2.26. The Morgan fingerprint density at radius 1 is 1.40 bits per heavy atom. The number of carbonyl (C=O) groups is 2. The first-order chi connectivity index (χ1) is 6.76. The molecular weight excluding hydrogens is 198 g/mol. The Balaban J connectivity index is 4.44. The molecule has 1 atom stereocenters. The molecule has 0 spiro atoms. The molecule has 0 saturated carbocycles. The largest absolute Gasteiger partial charge is 0.481 e. The first-order valence-corrected chi connectivity index (χ1v) is 4.92. The second-order valence-corrected chi connectivity index (χ2v) is 4.30. The first-order valence-electron chi connectivity index (χ1n) is 4.92. The highest BCUT2D eigenvalue weighted by molar-refractivity contribution is 5.82. The summed E-state index contributed by atoms with van der Waals surface area (Å²) >= 11 is 0. The SMILES string of the molecule is CCOC(=O)[C@@H](CC(=O)O)NC(C)(C)C. The van der Waals surface area contributed by atoms with Gasteiger partial charge in [-0.2, -0.15) is 0 Å². The maximum absolute atomic E-state index is 11.4. The minimum Gasteiger partial charge on any atom is -0.481 e. The third kappa shape index (κ3) is 6.90. The second kappa shape index (κ2) is 5.70. The summed E-state index contributed by atoms with van der Waals surface area (Å²) in [6.45, 7) is 7.52. The van der Waals surface area contributed by atoms with E-state index in [0.29, 0.717) is 0 Å². The van der Waals surface area contributed by atoms with E-state index in [-0.39, 0.29) is 18.6 Å². The van der Waals surface area contributed by atoms with Gasteiger partial charge in [-0.1, -0.05) is 0 Å². The van der Waals surface area contributed by atoms with E-state index in [1.54, 1.807) is 6.92 Å². The number of carboxylic acid groups (broad SMARTS) is 1. The summed E-state index contributed by atoms with van der Waals surface area (Å²) in [7, 11) is 0. The molecule has 5 nitrogen and oxygen atoms in total. The van der Waals surface area contributed by atoms with E-state index in [1.165, 1.54) is 0 Å². The molecule has 0 fully saturated rings. The molecule has 0 aromatic heterocycles. The Morgan fingerprint density at radius 3 is 2.27 bits per heavy atom. The van der Waals surface area contributed by atoms with Gasteiger partial charge in [0, 0.05) is 5.54 Å². The number of esters is 1. The molecule has 0 bridgehead atoms. The standard InChI is InChI=1S/C10H19NO4/c1-5-15-9(14)7(6-8(12)13)11-10(2,3)4/h7,11H,5-6H2,1-4H3,(H,12,13)/t7-/m1/s1. The van der Waals surface area contributed by atoms with Gasteiger partial charge in [0.1, 0.15) is 6.04 Å². The number of rotatable bonds is 5. The van der Waals surface area contributed by atoms with Crippen LogP contribution in [0.1, 0.15) is 34.1 Å². The Labute approximate surface area is 89.8 Å². The molecule has 0 aliphatic carbocycles. The van der Waals surface area contributed by atoms with Gasteiger partial charge in [0.2, 0.25) is 0 Å². The van der Waals surface area contributed by atoms with E-state index in [9.17, 15) is 9.59 Å². The fourth-order valence-corrected chi connectivity index (χ4v) is 1.13. The van der Waals surface area contributed by atoms with Gasteiger partial charge >= 0.3 is 11.9 Å². The molecule has 0 aromatic rings. The van der Waals surface area contributed by atoms with Crippen molar-refractivity contribution in [2.75, 3.05) is 6.61 Å². The Kier molecular flexibility index (Phi) is 5.28. The Bertz CT molecular complexity index is 232. The number of aliphatic carboxylic acids is 1. The van der Waals surface area contributed by atoms with Gasteiger partial charge in [0.15, 0.2) is 0 Å². The third-order valence-corrected chi connectivity index (χ3v) is 1.56. The van der Waals surface area contributed by atoms with E-state index in [4.69, 9.17) is 9.84 Å². The number of carbonyl (C=O) groups excluding carboxylic acids is 1. The number of hydrogen-bond acceptors (Lipinski definition) is 4. The highest BCUT2D eigenvalue weighted by Crippen LogP contribution is 2.05. The fraction of sp³-hybridized carbons (Fsp3) is 0.800. The van der Waals surface area contributed by atoms with Gasteiger partial charge in [-0.3, -0.25) is 14.9 Å². The van der Waals surface area contributed by atoms with Crippen molar-refractivity contribution in [1.29, 1.82) is 0 Å². The van der Waals surface area contributed by atoms with Crippen molar-refractivity contribution in [3.8, 4) is 0 Å². The molecular formula is C10H19NO4. The fourth-order valence-electron chi connectivity index (χ4n) is 1.13. The number of hydrogen-bond donors (Lipinski definition) is 2. The minimum absolute atomic E-state index is 0.251. The second-order valence-electron chi connectivity index (χ2n) is 4.30. The van der Waals surface area contributed by atoms with Gasteiger partial charge in [0.05, 0.1) is 13.0 Å². The number of carboxylic acids is 1. The monoisotopic (exact) mass is 217 g/mol. The predicted octanol–water partition coefficient (Wildman–Crippen LogP) is 0.781. The van der Waals surface area contributed by atoms with Crippen LogP contribution >= 0.6 is 0 Å². The smallest absolute Gasteiger partial charge is 0.323 e. The van der Waals surface area contributed by atoms with Gasteiger partial charge in [-0.05, 0) is 27.7 Å². The molecule has 0 saturated heterocycles. The van der Waals surface area contributed by atoms with Gasteiger partial charge < -0.3 is 9.84 Å². The van der Waals surface area contributed by atoms with Crippen LogP contribution in [0, 0.1) is 0 Å². The van der Waals surface area contributed by atoms with Crippen molar-refractivity contribution in [1.82, 2.24) is 5.32 Å². The molecule has 0 rings (SSSR count). The van der Waals surface area contributed by atoms with Crippen LogP contribution in [0.4, 0.5) is 0 Å². The van der Waals surface area contributed by atoms with Crippen LogP contribution < -0.4 is 5.32 Å². The van der Waals surface area contributed by atoms with E-state index in [1.807, 2.05) is 20.8 Å². The molecule has 0 aliphatic rings. The van der Waals surface area contributed by atoms with Gasteiger partial charge in [-0.25, -0.2) is 0 Å². The Hall–Kier alpha value is -1.10. The van der Waals surface area contributed by atoms with E-state index < -0.39 is 18.0 Å². The molecule has 88 valence electrons. The van der Waals surface area contributed by atoms with Crippen LogP contribution in [0.3, 0.4) is 0 Å². The minimum atomic E-state index is -1.02. The normalized spacial score (nSPS) is 13.3. The number of nitrogens with one attached hydrogen (secondary N) is 1. The van der Waals surface area contributed by atoms with Crippen LogP contribution in [0.25, 0.3) is 0 Å². The molecule has 0 aromatic carbocycles. The average molecular weight is 217 g/mol. The zero-order valence-electron chi connectivity index (χ0n) is 9.66. The highest BCUT2D eigenvalue weighted by atomic mass is 16.5. The number of ether oxygens (including phenoxy) is 1. The van der Waals surface area contributed by atoms with Gasteiger partial charge in [-0.15, -0.1) is 0 Å². The topological polar surface area (TPSA) is 75.6 Å². The first kappa shape index (κ1) is 13.9. The maximum atomic E-state index is 11.4. The summed E-state index contributed by atoms with van der Waals surface area (Å²) in [6, 6.07) is -0.789. The predicted molar refractivity (Wildman–Crippen MR) is 55.6 cm³/mol. The van der Waals surface area contributed by atoms with Crippen LogP contribution in [-0.4, -0.2) is 35.2 Å². The molecule has 0 amide bonds. The molecule has 5 heteroatoms. The van der Waals surface area contributed by atoms with Crippen LogP contribution in [0.2, 0.25) is 0 Å². The van der Waals surface area contributed by atoms with E-state index in [0.717, 1.165) is 0 Å². The van der Waals surface area contributed by atoms with Crippen molar-refractivity contribution in [3.63, 3.8) is 0 Å². The zero-order valence-corrected chi connectivity index (χ0v) is 9.66. The van der Waals surface area contributed by atoms with Crippen molar-refractivity contribution < 1.29 is 19.4 Å². The van der Waals surface area contributed by atoms with E-state index >= 15 is 0 Å². The van der Waals surface area contributed by atoms with Crippen molar-refractivity contribution in [3.05, 3.63) is 0 Å². The lowest BCUT2D eigenvalue weighted by atomic mass is 10.1. The zero-order chi connectivity index (χ0) is 12.1. The maximum Gasteiger partial charge on any atom is 0.323 e. The van der Waals surface area contributed by atoms with Crippen molar-refractivity contribution in [2.24, 2.45) is 0 Å². The van der Waals surface area contributed by atoms with Crippen LogP contribution in [0.5, 0.6) is 0 Å². The third-order valence-electron chi connectivity index (χ3n) is 1.56. The Morgan fingerprint density at radius 2 is 1.93 bits per heavy atom. The van der Waals surface area contributed by atoms with Crippen LogP contribution in [-0.2, 0) is 14.3 Å². The quantitative estimate of drug-likeness (QED) is 0.665. The van der Waals surface area contributed by atoms with E-state index in [2.05, 4.69) is 5.32 Å². The molecule has 2 N–H and O–H groups in total. The molecule has 15 heavy (non-hydrogen) atoms. The van der Waals surface area contributed by atoms with Crippen LogP contribution in [0.15, 0.2) is 0 Å². The lowest BCUT2D eigenvalue weighted by Crippen LogP contribution is -2.49. The summed E-state index contributed by atoms with van der Waals surface area (Å²) in [6.07, 6.45) is -0.268. The molecule has 0 heterocycles. The lowest BCUT2D eigenvalue weighted by molar-refractivity contribution is -0.150. The summed E-state index contributed by atoms with van der Waals surface area (Å²) in [5.74, 6) is -1.54. The molecule has 0 unspecified atom stereocenters. The van der Waals surface area contributed by atoms with Gasteiger partial charge in [0.25, 0.3) is 0 Å². The summed E-state index contributed by atoms with van der Waals surface area (Å²) < 4.78 is 4.79. The summed E-state index contributed by atoms with van der Waals surface area (Å²) in [4.78, 5) is 22.0. The summed E-state index contributed by atoms with van der Waals surface area (Å²) in [5, 5.41) is 11.6. The molecule has 0 radical (unpaired) electrons. The van der Waals surface area contributed by atoms with Crippen molar-refractivity contribution >= 4 is 11.9 Å². The lowest BCUT2D eigenvalue weighted by Gasteiger charge is -2.26. The average Bonchev–Trinajstić information content (AvgIpc) is 1.99. The molecule has 0 aliphatic heterocycles. The van der Waals surface area contributed by atoms with Crippen molar-refractivity contribution in [2.45, 2.75) is 45.7 Å².